The molecule has 4 nitrogen and oxygen atoms in total. The molecule has 0 aromatic heterocycles. The van der Waals surface area contributed by atoms with Gasteiger partial charge in [-0.3, -0.25) is 0 Å². The summed E-state index contributed by atoms with van der Waals surface area (Å²) in [5.41, 5.74) is 7.23. The molecule has 0 aliphatic heterocycles. The Kier molecular flexibility index (Phi) is 21.1. The van der Waals surface area contributed by atoms with Gasteiger partial charge in [0.25, 0.3) is 0 Å². The first-order valence-corrected chi connectivity index (χ1v) is 8.62. The van der Waals surface area contributed by atoms with E-state index in [2.05, 4.69) is 48.9 Å². The van der Waals surface area contributed by atoms with Gasteiger partial charge in [0.15, 0.2) is 5.96 Å². The Morgan fingerprint density at radius 3 is 1.96 bits per heavy atom. The lowest BCUT2D eigenvalue weighted by Crippen LogP contribution is -2.32. The zero-order chi connectivity index (χ0) is 19.5. The van der Waals surface area contributed by atoms with Gasteiger partial charge >= 0.3 is 0 Å². The number of amidine groups is 1. The number of allylic oxidation sites excluding steroid dienone is 4. The minimum atomic E-state index is 0.275. The molecule has 0 radical (unpaired) electrons. The first-order chi connectivity index (χ1) is 11.3. The highest BCUT2D eigenvalue weighted by atomic mass is 15.1. The summed E-state index contributed by atoms with van der Waals surface area (Å²) >= 11 is 0. The van der Waals surface area contributed by atoms with E-state index in [0.29, 0.717) is 17.5 Å². The summed E-state index contributed by atoms with van der Waals surface area (Å²) in [7, 11) is 0. The summed E-state index contributed by atoms with van der Waals surface area (Å²) in [6.07, 6.45) is 7.64. The van der Waals surface area contributed by atoms with Gasteiger partial charge in [0.05, 0.1) is 5.70 Å². The maximum Gasteiger partial charge on any atom is 0.199 e. The monoisotopic (exact) mass is 334 g/mol. The fraction of sp³-hybridized carbons (Fsp3) is 0.500. The van der Waals surface area contributed by atoms with Crippen molar-refractivity contribution in [1.29, 1.82) is 0 Å². The molecule has 24 heavy (non-hydrogen) atoms. The Bertz CT molecular complexity index is 439. The second-order valence-electron chi connectivity index (χ2n) is 4.99. The number of hydrogen-bond donors (Lipinski definition) is 2. The number of unbranched alkanes of at least 4 members (excludes halogenated alkanes) is 1. The Balaban J connectivity index is -0.000000636. The van der Waals surface area contributed by atoms with E-state index in [1.807, 2.05) is 27.7 Å². The van der Waals surface area contributed by atoms with Crippen molar-refractivity contribution >= 4 is 11.8 Å². The smallest absolute Gasteiger partial charge is 0.199 e. The summed E-state index contributed by atoms with van der Waals surface area (Å²) in [5, 5.41) is 2.92. The highest BCUT2D eigenvalue weighted by Gasteiger charge is 2.01. The number of rotatable bonds is 6. The number of nitrogens with two attached hydrogens (primary N) is 1. The number of nitrogens with one attached hydrogen (secondary N) is 1. The van der Waals surface area contributed by atoms with E-state index in [1.54, 1.807) is 25.2 Å². The molecule has 4 heteroatoms. The summed E-state index contributed by atoms with van der Waals surface area (Å²) in [4.78, 5) is 8.35. The molecule has 0 bridgehead atoms. The molecule has 0 saturated carbocycles. The van der Waals surface area contributed by atoms with Crippen molar-refractivity contribution < 1.29 is 0 Å². The molecular formula is C20H38N4. The van der Waals surface area contributed by atoms with E-state index >= 15 is 0 Å². The van der Waals surface area contributed by atoms with Gasteiger partial charge < -0.3 is 11.1 Å². The van der Waals surface area contributed by atoms with Crippen LogP contribution in [0.25, 0.3) is 0 Å². The van der Waals surface area contributed by atoms with Gasteiger partial charge in [-0.1, -0.05) is 80.2 Å². The Morgan fingerprint density at radius 1 is 1.12 bits per heavy atom. The van der Waals surface area contributed by atoms with Crippen molar-refractivity contribution in [2.75, 3.05) is 0 Å². The second kappa shape index (κ2) is 18.9. The zero-order valence-corrected chi connectivity index (χ0v) is 16.8. The molecule has 0 rings (SSSR count). The van der Waals surface area contributed by atoms with E-state index in [4.69, 9.17) is 5.73 Å². The minimum absolute atomic E-state index is 0.275. The lowest BCUT2D eigenvalue weighted by molar-refractivity contribution is 0.729. The van der Waals surface area contributed by atoms with Crippen molar-refractivity contribution in [3.05, 3.63) is 49.4 Å². The fourth-order valence-electron chi connectivity index (χ4n) is 0.995. The summed E-state index contributed by atoms with van der Waals surface area (Å²) in [6, 6.07) is 0. The van der Waals surface area contributed by atoms with Crippen LogP contribution in [0.5, 0.6) is 0 Å². The van der Waals surface area contributed by atoms with E-state index in [9.17, 15) is 0 Å². The SMILES string of the molecule is C=C/C=C(\C=C)N=C(C)N=C(N)NC(=C)C(C)C.CC.CCCC. The topological polar surface area (TPSA) is 62.8 Å². The zero-order valence-electron chi connectivity index (χ0n) is 16.8. The summed E-state index contributed by atoms with van der Waals surface area (Å²) in [6.45, 7) is 25.3. The van der Waals surface area contributed by atoms with Crippen LogP contribution in [0.15, 0.2) is 59.3 Å². The van der Waals surface area contributed by atoms with Crippen LogP contribution in [-0.4, -0.2) is 11.8 Å². The lowest BCUT2D eigenvalue weighted by Gasteiger charge is -2.11. The van der Waals surface area contributed by atoms with E-state index in [0.717, 1.165) is 5.70 Å². The van der Waals surface area contributed by atoms with Crippen LogP contribution >= 0.6 is 0 Å². The second-order valence-corrected chi connectivity index (χ2v) is 4.99. The molecule has 0 aromatic rings. The Hall–Kier alpha value is -2.10. The van der Waals surface area contributed by atoms with Gasteiger partial charge in [-0.15, -0.1) is 0 Å². The average Bonchev–Trinajstić information content (AvgIpc) is 2.56. The standard InChI is InChI=1S/C14H22N4.C4H10.C2H6/c1-7-9-13(8-2)17-12(6)18-14(15)16-11(5)10(3)4;1-3-4-2;1-2/h7-10H,1-2,5H2,3-4,6H3,(H3,15,16,17,18);3-4H2,1-2H3;1-2H3/b13-9+;;. The van der Waals surface area contributed by atoms with Crippen LogP contribution in [0.1, 0.15) is 61.3 Å². The third kappa shape index (κ3) is 18.0. The lowest BCUT2D eigenvalue weighted by atomic mass is 10.2. The predicted molar refractivity (Wildman–Crippen MR) is 112 cm³/mol. The fourth-order valence-corrected chi connectivity index (χ4v) is 0.995. The molecular weight excluding hydrogens is 296 g/mol. The molecule has 0 spiro atoms. The first-order valence-electron chi connectivity index (χ1n) is 8.62. The van der Waals surface area contributed by atoms with E-state index < -0.39 is 0 Å². The molecule has 0 saturated heterocycles. The Morgan fingerprint density at radius 2 is 1.62 bits per heavy atom. The van der Waals surface area contributed by atoms with Crippen molar-refractivity contribution in [2.45, 2.75) is 61.3 Å². The Labute approximate surface area is 150 Å². The van der Waals surface area contributed by atoms with Gasteiger partial charge in [0.1, 0.15) is 5.84 Å². The van der Waals surface area contributed by atoms with E-state index in [-0.39, 0.29) is 5.96 Å². The van der Waals surface area contributed by atoms with Crippen molar-refractivity contribution in [3.8, 4) is 0 Å². The van der Waals surface area contributed by atoms with Crippen LogP contribution in [0, 0.1) is 5.92 Å². The maximum absolute atomic E-state index is 5.74. The molecule has 0 atom stereocenters. The molecule has 0 fully saturated rings. The van der Waals surface area contributed by atoms with Gasteiger partial charge in [0.2, 0.25) is 0 Å². The van der Waals surface area contributed by atoms with Crippen LogP contribution in [-0.2, 0) is 0 Å². The third-order valence-corrected chi connectivity index (χ3v) is 2.56. The quantitative estimate of drug-likeness (QED) is 0.379. The molecule has 0 aliphatic rings. The molecule has 0 amide bonds. The van der Waals surface area contributed by atoms with Gasteiger partial charge in [0, 0.05) is 5.70 Å². The predicted octanol–water partition coefficient (Wildman–Crippen LogP) is 5.57. The first kappa shape index (κ1) is 26.8. The van der Waals surface area contributed by atoms with Crippen molar-refractivity contribution in [1.82, 2.24) is 5.32 Å². The largest absolute Gasteiger partial charge is 0.369 e. The van der Waals surface area contributed by atoms with Crippen LogP contribution in [0.4, 0.5) is 0 Å². The van der Waals surface area contributed by atoms with Crippen LogP contribution < -0.4 is 11.1 Å². The van der Waals surface area contributed by atoms with Gasteiger partial charge in [-0.2, -0.15) is 0 Å². The van der Waals surface area contributed by atoms with Gasteiger partial charge in [-0.05, 0) is 25.0 Å². The van der Waals surface area contributed by atoms with Crippen molar-refractivity contribution in [3.63, 3.8) is 0 Å². The summed E-state index contributed by atoms with van der Waals surface area (Å²) in [5.74, 6) is 1.10. The third-order valence-electron chi connectivity index (χ3n) is 2.56. The number of aliphatic imine (C=N–C) groups is 2. The average molecular weight is 335 g/mol. The molecule has 138 valence electrons. The highest BCUT2D eigenvalue weighted by Crippen LogP contribution is 2.02. The van der Waals surface area contributed by atoms with Gasteiger partial charge in [-0.25, -0.2) is 9.98 Å². The molecule has 0 aliphatic carbocycles. The van der Waals surface area contributed by atoms with Crippen LogP contribution in [0.3, 0.4) is 0 Å². The van der Waals surface area contributed by atoms with Crippen LogP contribution in [0.2, 0.25) is 0 Å². The van der Waals surface area contributed by atoms with E-state index in [1.165, 1.54) is 12.8 Å². The summed E-state index contributed by atoms with van der Waals surface area (Å²) < 4.78 is 0. The number of nitrogens with zero attached hydrogens (tertiary/aromatic N) is 2. The minimum Gasteiger partial charge on any atom is -0.369 e. The molecule has 0 aromatic carbocycles. The maximum atomic E-state index is 5.74. The molecule has 0 unspecified atom stereocenters. The molecule has 0 heterocycles. The number of guanidine groups is 1. The number of hydrogen-bond acceptors (Lipinski definition) is 1. The highest BCUT2D eigenvalue weighted by molar-refractivity contribution is 5.95. The molecule has 3 N–H and O–H groups in total. The normalized spacial score (nSPS) is 11.6. The van der Waals surface area contributed by atoms with Crippen molar-refractivity contribution in [2.24, 2.45) is 21.6 Å².